The van der Waals surface area contributed by atoms with Gasteiger partial charge in [-0.1, -0.05) is 17.8 Å². The lowest BCUT2D eigenvalue weighted by Gasteiger charge is -2.08. The lowest BCUT2D eigenvalue weighted by Crippen LogP contribution is -2.15. The van der Waals surface area contributed by atoms with Crippen LogP contribution in [-0.4, -0.2) is 46.8 Å². The Morgan fingerprint density at radius 2 is 1.86 bits per heavy atom. The number of hydrogen-bond donors (Lipinski definition) is 2. The largest absolute Gasteiger partial charge is 0.462 e. The average Bonchev–Trinajstić information content (AvgIpc) is 2.67. The van der Waals surface area contributed by atoms with Crippen LogP contribution in [0.4, 0.5) is 11.5 Å². The summed E-state index contributed by atoms with van der Waals surface area (Å²) in [7, 11) is 0. The maximum Gasteiger partial charge on any atom is 0.343 e. The van der Waals surface area contributed by atoms with Crippen LogP contribution in [0, 0.1) is 0 Å². The molecule has 9 nitrogen and oxygen atoms in total. The van der Waals surface area contributed by atoms with Crippen molar-refractivity contribution < 1.29 is 23.9 Å². The number of nitrogens with zero attached hydrogens (tertiary/aromatic N) is 2. The van der Waals surface area contributed by atoms with Gasteiger partial charge in [0.2, 0.25) is 5.91 Å². The topological polar surface area (TPSA) is 134 Å². The molecule has 0 aliphatic rings. The number of nitrogen functional groups attached to an aromatic ring is 1. The quantitative estimate of drug-likeness (QED) is 0.385. The highest BCUT2D eigenvalue weighted by Crippen LogP contribution is 2.18. The first-order valence-corrected chi connectivity index (χ1v) is 9.42. The van der Waals surface area contributed by atoms with Crippen molar-refractivity contribution in [2.45, 2.75) is 19.0 Å². The van der Waals surface area contributed by atoms with Crippen molar-refractivity contribution in [1.82, 2.24) is 9.97 Å². The molecule has 0 unspecified atom stereocenters. The second-order valence-electron chi connectivity index (χ2n) is 5.31. The van der Waals surface area contributed by atoms with Crippen molar-refractivity contribution in [3.63, 3.8) is 0 Å². The van der Waals surface area contributed by atoms with E-state index < -0.39 is 11.9 Å². The van der Waals surface area contributed by atoms with E-state index in [1.165, 1.54) is 12.3 Å². The number of aromatic nitrogens is 2. The molecule has 10 heteroatoms. The Labute approximate surface area is 166 Å². The van der Waals surface area contributed by atoms with Crippen LogP contribution < -0.4 is 11.1 Å². The first-order chi connectivity index (χ1) is 13.4. The van der Waals surface area contributed by atoms with Crippen molar-refractivity contribution in [1.29, 1.82) is 0 Å². The van der Waals surface area contributed by atoms with E-state index in [4.69, 9.17) is 15.2 Å². The van der Waals surface area contributed by atoms with Gasteiger partial charge in [-0.25, -0.2) is 19.6 Å². The molecule has 0 aliphatic carbocycles. The van der Waals surface area contributed by atoms with E-state index in [2.05, 4.69) is 15.3 Å². The van der Waals surface area contributed by atoms with Crippen molar-refractivity contribution in [3.05, 3.63) is 41.6 Å². The highest BCUT2D eigenvalue weighted by Gasteiger charge is 2.15. The summed E-state index contributed by atoms with van der Waals surface area (Å²) >= 11 is 1.06. The van der Waals surface area contributed by atoms with E-state index in [1.807, 2.05) is 0 Å². The average molecular weight is 404 g/mol. The molecule has 1 amide bonds. The zero-order chi connectivity index (χ0) is 20.5. The SMILES string of the molecule is CCOC(=O)c1cccc(NC(=O)CSc2ncc(C(=O)OCC)c(N)n2)c1. The molecule has 0 saturated heterocycles. The molecule has 1 heterocycles. The predicted octanol–water partition coefficient (Wildman–Crippen LogP) is 2.14. The lowest BCUT2D eigenvalue weighted by atomic mass is 10.2. The van der Waals surface area contributed by atoms with Gasteiger partial charge in [0.1, 0.15) is 11.4 Å². The standard InChI is InChI=1S/C18H20N4O5S/c1-3-26-16(24)11-6-5-7-12(8-11)21-14(23)10-28-18-20-9-13(15(19)22-18)17(25)27-4-2/h5-9H,3-4,10H2,1-2H3,(H,21,23)(H2,19,20,22). The molecule has 0 fully saturated rings. The van der Waals surface area contributed by atoms with Crippen LogP contribution >= 0.6 is 11.8 Å². The van der Waals surface area contributed by atoms with E-state index in [9.17, 15) is 14.4 Å². The maximum atomic E-state index is 12.1. The zero-order valence-corrected chi connectivity index (χ0v) is 16.2. The zero-order valence-electron chi connectivity index (χ0n) is 15.4. The van der Waals surface area contributed by atoms with Gasteiger partial charge in [-0.05, 0) is 32.0 Å². The van der Waals surface area contributed by atoms with Gasteiger partial charge in [-0.2, -0.15) is 0 Å². The smallest absolute Gasteiger partial charge is 0.343 e. The minimum Gasteiger partial charge on any atom is -0.462 e. The number of carbonyl (C=O) groups is 3. The third-order valence-electron chi connectivity index (χ3n) is 3.28. The molecule has 0 bridgehead atoms. The number of nitrogens with one attached hydrogen (secondary N) is 1. The number of carbonyl (C=O) groups excluding carboxylic acids is 3. The summed E-state index contributed by atoms with van der Waals surface area (Å²) in [4.78, 5) is 43.6. The number of rotatable bonds is 8. The molecule has 3 N–H and O–H groups in total. The monoisotopic (exact) mass is 404 g/mol. The number of amides is 1. The van der Waals surface area contributed by atoms with E-state index >= 15 is 0 Å². The molecular formula is C18H20N4O5S. The van der Waals surface area contributed by atoms with Gasteiger partial charge in [0, 0.05) is 11.9 Å². The lowest BCUT2D eigenvalue weighted by molar-refractivity contribution is -0.113. The number of benzene rings is 1. The Hall–Kier alpha value is -3.14. The maximum absolute atomic E-state index is 12.1. The number of ether oxygens (including phenoxy) is 2. The highest BCUT2D eigenvalue weighted by molar-refractivity contribution is 7.99. The Kier molecular flexibility index (Phi) is 7.76. The summed E-state index contributed by atoms with van der Waals surface area (Å²) in [5, 5.41) is 2.93. The van der Waals surface area contributed by atoms with Crippen molar-refractivity contribution >= 4 is 41.1 Å². The molecular weight excluding hydrogens is 384 g/mol. The molecule has 2 rings (SSSR count). The molecule has 0 spiro atoms. The van der Waals surface area contributed by atoms with Crippen LogP contribution in [0.25, 0.3) is 0 Å². The summed E-state index contributed by atoms with van der Waals surface area (Å²) < 4.78 is 9.78. The third kappa shape index (κ3) is 5.95. The van der Waals surface area contributed by atoms with Crippen LogP contribution in [0.1, 0.15) is 34.6 Å². The summed E-state index contributed by atoms with van der Waals surface area (Å²) in [5.41, 5.74) is 6.63. The Balaban J connectivity index is 1.94. The molecule has 0 atom stereocenters. The molecule has 148 valence electrons. The number of esters is 2. The first kappa shape index (κ1) is 21.2. The van der Waals surface area contributed by atoms with Gasteiger partial charge in [0.15, 0.2) is 5.16 Å². The Morgan fingerprint density at radius 1 is 1.14 bits per heavy atom. The molecule has 28 heavy (non-hydrogen) atoms. The molecule has 2 aromatic rings. The van der Waals surface area contributed by atoms with Gasteiger partial charge < -0.3 is 20.5 Å². The fraction of sp³-hybridized carbons (Fsp3) is 0.278. The molecule has 0 aliphatic heterocycles. The van der Waals surface area contributed by atoms with Crippen LogP contribution in [0.2, 0.25) is 0 Å². The van der Waals surface area contributed by atoms with Gasteiger partial charge >= 0.3 is 11.9 Å². The van der Waals surface area contributed by atoms with Gasteiger partial charge in [0.05, 0.1) is 24.5 Å². The summed E-state index contributed by atoms with van der Waals surface area (Å²) in [6, 6.07) is 6.44. The van der Waals surface area contributed by atoms with Crippen LogP contribution in [0.3, 0.4) is 0 Å². The van der Waals surface area contributed by atoms with Crippen LogP contribution in [-0.2, 0) is 14.3 Å². The summed E-state index contributed by atoms with van der Waals surface area (Å²) in [5.74, 6) is -1.38. The molecule has 0 saturated carbocycles. The van der Waals surface area contributed by atoms with E-state index in [1.54, 1.807) is 32.0 Å². The van der Waals surface area contributed by atoms with Gasteiger partial charge in [0.25, 0.3) is 0 Å². The van der Waals surface area contributed by atoms with Crippen molar-refractivity contribution in [3.8, 4) is 0 Å². The second-order valence-corrected chi connectivity index (χ2v) is 6.25. The fourth-order valence-electron chi connectivity index (χ4n) is 2.08. The summed E-state index contributed by atoms with van der Waals surface area (Å²) in [6.07, 6.45) is 1.27. The van der Waals surface area contributed by atoms with Crippen molar-refractivity contribution in [2.75, 3.05) is 30.0 Å². The molecule has 1 aromatic heterocycles. The van der Waals surface area contributed by atoms with E-state index in [-0.39, 0.29) is 41.4 Å². The third-order valence-corrected chi connectivity index (χ3v) is 4.14. The molecule has 1 aromatic carbocycles. The Morgan fingerprint density at radius 3 is 2.54 bits per heavy atom. The minimum atomic E-state index is -0.601. The van der Waals surface area contributed by atoms with Crippen LogP contribution in [0.5, 0.6) is 0 Å². The van der Waals surface area contributed by atoms with Crippen LogP contribution in [0.15, 0.2) is 35.6 Å². The Bertz CT molecular complexity index is 875. The minimum absolute atomic E-state index is 0.0153. The highest BCUT2D eigenvalue weighted by atomic mass is 32.2. The van der Waals surface area contributed by atoms with E-state index in [0.29, 0.717) is 11.3 Å². The number of hydrogen-bond acceptors (Lipinski definition) is 9. The predicted molar refractivity (Wildman–Crippen MR) is 104 cm³/mol. The van der Waals surface area contributed by atoms with Gasteiger partial charge in [-0.15, -0.1) is 0 Å². The second kappa shape index (κ2) is 10.3. The number of thioether (sulfide) groups is 1. The number of anilines is 2. The van der Waals surface area contributed by atoms with Gasteiger partial charge in [-0.3, -0.25) is 4.79 Å². The fourth-order valence-corrected chi connectivity index (χ4v) is 2.70. The summed E-state index contributed by atoms with van der Waals surface area (Å²) in [6.45, 7) is 3.88. The molecule has 0 radical (unpaired) electrons. The number of nitrogens with two attached hydrogens (primary N) is 1. The first-order valence-electron chi connectivity index (χ1n) is 8.44. The normalized spacial score (nSPS) is 10.2. The van der Waals surface area contributed by atoms with Crippen molar-refractivity contribution in [2.24, 2.45) is 0 Å². The van der Waals surface area contributed by atoms with E-state index in [0.717, 1.165) is 11.8 Å².